The van der Waals surface area contributed by atoms with Crippen LogP contribution in [0, 0.1) is 44.4 Å². The molecule has 1 aliphatic carbocycles. The lowest BCUT2D eigenvalue weighted by molar-refractivity contribution is -0.143. The first-order chi connectivity index (χ1) is 26.3. The van der Waals surface area contributed by atoms with Crippen molar-refractivity contribution in [1.82, 2.24) is 20.3 Å². The van der Waals surface area contributed by atoms with E-state index in [9.17, 15) is 14.7 Å². The van der Waals surface area contributed by atoms with Gasteiger partial charge in [-0.05, 0) is 117 Å². The molecule has 3 aliphatic rings. The van der Waals surface area contributed by atoms with Crippen molar-refractivity contribution in [2.24, 2.45) is 23.7 Å². The fraction of sp³-hybridized carbons (Fsp3) is 0.478. The average Bonchev–Trinajstić information content (AvgIpc) is 3.90. The van der Waals surface area contributed by atoms with E-state index in [0.29, 0.717) is 11.6 Å². The quantitative estimate of drug-likeness (QED) is 0.105. The Morgan fingerprint density at radius 2 is 1.71 bits per heavy atom. The summed E-state index contributed by atoms with van der Waals surface area (Å²) in [7, 11) is 1.35. The summed E-state index contributed by atoms with van der Waals surface area (Å²) in [5, 5.41) is 19.0. The van der Waals surface area contributed by atoms with E-state index in [1.165, 1.54) is 36.7 Å². The molecule has 9 nitrogen and oxygen atoms in total. The molecule has 5 N–H and O–H groups in total. The number of carbonyl (C=O) groups excluding carboxylic acids is 2. The monoisotopic (exact) mass is 748 g/mol. The molecular formula is C46H60N4O5. The Bertz CT molecular complexity index is 2310. The van der Waals surface area contributed by atoms with Gasteiger partial charge in [0.05, 0.1) is 18.5 Å². The number of aromatic amines is 3. The van der Waals surface area contributed by atoms with E-state index in [1.807, 2.05) is 19.1 Å². The van der Waals surface area contributed by atoms with Gasteiger partial charge in [0.25, 0.3) is 0 Å². The first-order valence-corrected chi connectivity index (χ1v) is 20.1. The van der Waals surface area contributed by atoms with Crippen LogP contribution in [0.15, 0.2) is 23.9 Å². The van der Waals surface area contributed by atoms with Crippen molar-refractivity contribution in [1.29, 1.82) is 0 Å². The number of H-pyrrole nitrogens is 3. The van der Waals surface area contributed by atoms with Gasteiger partial charge in [-0.15, -0.1) is 0 Å². The minimum atomic E-state index is -0.990. The van der Waals surface area contributed by atoms with Crippen molar-refractivity contribution < 1.29 is 24.2 Å². The Morgan fingerprint density at radius 3 is 2.40 bits per heavy atom. The van der Waals surface area contributed by atoms with Gasteiger partial charge in [0.1, 0.15) is 18.3 Å². The number of methoxy groups -OCH3 is 1. The highest BCUT2D eigenvalue weighted by Crippen LogP contribution is 2.42. The van der Waals surface area contributed by atoms with E-state index in [1.54, 1.807) is 0 Å². The summed E-state index contributed by atoms with van der Waals surface area (Å²) in [4.78, 5) is 37.8. The van der Waals surface area contributed by atoms with Gasteiger partial charge < -0.3 is 34.8 Å². The predicted octanol–water partition coefficient (Wildman–Crippen LogP) is 6.14. The molecule has 1 fully saturated rings. The molecule has 2 aliphatic heterocycles. The second-order valence-electron chi connectivity index (χ2n) is 16.0. The summed E-state index contributed by atoms with van der Waals surface area (Å²) >= 11 is 0. The summed E-state index contributed by atoms with van der Waals surface area (Å²) in [5.74, 6) is -1.20. The largest absolute Gasteiger partial charge is 0.510 e. The Morgan fingerprint density at radius 1 is 0.982 bits per heavy atom. The van der Waals surface area contributed by atoms with Gasteiger partial charge in [0.15, 0.2) is 0 Å². The van der Waals surface area contributed by atoms with Crippen LogP contribution in [0.5, 0.6) is 0 Å². The molecule has 0 saturated carbocycles. The lowest BCUT2D eigenvalue weighted by Gasteiger charge is -2.26. The number of hydrogen-bond donors (Lipinski definition) is 5. The maximum atomic E-state index is 13.6. The van der Waals surface area contributed by atoms with E-state index in [0.717, 1.165) is 86.3 Å². The van der Waals surface area contributed by atoms with Gasteiger partial charge in [-0.1, -0.05) is 58.8 Å². The Hall–Kier alpha value is -4.92. The van der Waals surface area contributed by atoms with Crippen molar-refractivity contribution in [2.45, 2.75) is 106 Å². The van der Waals surface area contributed by atoms with E-state index in [-0.39, 0.29) is 36.6 Å². The van der Waals surface area contributed by atoms with Crippen LogP contribution in [0.2, 0.25) is 0 Å². The van der Waals surface area contributed by atoms with Crippen LogP contribution in [0.3, 0.4) is 0 Å². The normalized spacial score (nSPS) is 22.3. The summed E-state index contributed by atoms with van der Waals surface area (Å²) in [6.45, 7) is 21.6. The van der Waals surface area contributed by atoms with Crippen molar-refractivity contribution >= 4 is 47.6 Å². The van der Waals surface area contributed by atoms with Gasteiger partial charge >= 0.3 is 11.9 Å². The number of aromatic nitrogens is 3. The summed E-state index contributed by atoms with van der Waals surface area (Å²) < 4.78 is 11.1. The zero-order valence-electron chi connectivity index (χ0n) is 34.2. The Kier molecular flexibility index (Phi) is 11.9. The predicted molar refractivity (Wildman–Crippen MR) is 221 cm³/mol. The highest BCUT2D eigenvalue weighted by Gasteiger charge is 2.47. The fourth-order valence-electron chi connectivity index (χ4n) is 8.95. The molecule has 6 rings (SSSR count). The van der Waals surface area contributed by atoms with Crippen LogP contribution < -0.4 is 26.6 Å². The average molecular weight is 749 g/mol. The smallest absolute Gasteiger partial charge is 0.320 e. The van der Waals surface area contributed by atoms with Crippen LogP contribution in [0.4, 0.5) is 0 Å². The number of nitrogens with one attached hydrogen (secondary N) is 4. The number of allylic oxidation sites excluding steroid dienone is 2. The van der Waals surface area contributed by atoms with Crippen molar-refractivity contribution in [3.8, 4) is 0 Å². The summed E-state index contributed by atoms with van der Waals surface area (Å²) in [6.07, 6.45) is 16.4. The van der Waals surface area contributed by atoms with Crippen LogP contribution in [-0.2, 0) is 25.5 Å². The lowest BCUT2D eigenvalue weighted by atomic mass is 9.80. The molecule has 55 heavy (non-hydrogen) atoms. The van der Waals surface area contributed by atoms with E-state index in [4.69, 9.17) is 9.47 Å². The second kappa shape index (κ2) is 16.4. The first-order valence-electron chi connectivity index (χ1n) is 20.1. The van der Waals surface area contributed by atoms with Gasteiger partial charge in [-0.3, -0.25) is 9.59 Å². The van der Waals surface area contributed by atoms with Crippen molar-refractivity contribution in [3.05, 3.63) is 90.1 Å². The zero-order valence-corrected chi connectivity index (χ0v) is 34.2. The van der Waals surface area contributed by atoms with Gasteiger partial charge in [-0.2, -0.15) is 0 Å². The number of fused-ring (bicyclic) bond motifs is 8. The molecule has 0 amide bonds. The number of esters is 2. The topological polar surface area (TPSA) is 132 Å². The highest BCUT2D eigenvalue weighted by molar-refractivity contribution is 5.95. The molecule has 3 aromatic heterocycles. The third-order valence-corrected chi connectivity index (χ3v) is 12.6. The molecule has 5 atom stereocenters. The van der Waals surface area contributed by atoms with Crippen LogP contribution >= 0.6 is 0 Å². The molecule has 9 heteroatoms. The Labute approximate surface area is 325 Å². The summed E-state index contributed by atoms with van der Waals surface area (Å²) in [5.41, 5.74) is 11.0. The molecular weight excluding hydrogens is 689 g/mol. The number of rotatable bonds is 13. The van der Waals surface area contributed by atoms with Crippen LogP contribution in [0.25, 0.3) is 35.6 Å². The molecule has 1 unspecified atom stereocenters. The number of carbonyl (C=O) groups is 2. The molecule has 294 valence electrons. The number of aliphatic hydroxyl groups is 1. The summed E-state index contributed by atoms with van der Waals surface area (Å²) in [6, 6.07) is -0.390. The first kappa shape index (κ1) is 39.8. The third kappa shape index (κ3) is 7.54. The molecule has 0 radical (unpaired) electrons. The van der Waals surface area contributed by atoms with Gasteiger partial charge in [0.2, 0.25) is 0 Å². The minimum absolute atomic E-state index is 0.0180. The van der Waals surface area contributed by atoms with Crippen LogP contribution in [-0.4, -0.2) is 51.8 Å². The zero-order chi connectivity index (χ0) is 39.7. The maximum absolute atomic E-state index is 13.6. The second-order valence-corrected chi connectivity index (χ2v) is 16.0. The van der Waals surface area contributed by atoms with E-state index < -0.39 is 17.9 Å². The molecule has 0 spiro atoms. The molecule has 8 bridgehead atoms. The lowest BCUT2D eigenvalue weighted by Crippen LogP contribution is -2.38. The van der Waals surface area contributed by atoms with E-state index in [2.05, 4.69) is 93.5 Å². The third-order valence-electron chi connectivity index (χ3n) is 12.6. The van der Waals surface area contributed by atoms with Crippen molar-refractivity contribution in [2.75, 3.05) is 13.7 Å². The number of aliphatic hydroxyl groups excluding tert-OH is 1. The number of ether oxygens (including phenoxy) is 2. The molecule has 0 aromatic carbocycles. The maximum Gasteiger partial charge on any atom is 0.320 e. The minimum Gasteiger partial charge on any atom is -0.510 e. The molecule has 5 heterocycles. The number of hydrogen-bond acceptors (Lipinski definition) is 6. The van der Waals surface area contributed by atoms with Gasteiger partial charge in [0, 0.05) is 56.6 Å². The van der Waals surface area contributed by atoms with Crippen molar-refractivity contribution in [3.63, 3.8) is 0 Å². The molecule has 3 aromatic rings. The fourth-order valence-corrected chi connectivity index (χ4v) is 8.95. The van der Waals surface area contributed by atoms with Gasteiger partial charge in [-0.25, -0.2) is 0 Å². The van der Waals surface area contributed by atoms with E-state index >= 15 is 0 Å². The van der Waals surface area contributed by atoms with Crippen LogP contribution in [0.1, 0.15) is 118 Å². The SMILES string of the molecule is C=Cc1c2[nH]c(c1C)/C=C1/NC(C3=c4[nH]c(c(C)c4=C(O)[C@@H]3C(=O)OC)/C=c3\[nH]c(c(C)c3CC)=C2)[C@@H](CCC(=O)OC/C=C(/C)CCC[C@H](C)CC)[C@@H]1C. The highest BCUT2D eigenvalue weighted by atomic mass is 16.5. The Balaban J connectivity index is 1.44. The molecule has 1 saturated heterocycles. The standard InChI is InChI=1S/C46H60N4O5/c1-11-24(4)15-14-16-25(5)19-20-55-39(51)18-17-32-28(8)35-21-33-26(6)30(12-2)37(47-33)22-34-27(7)31(13-3)38(48-34)23-36-29(9)40-44(50-36)41(43(32)49-35)42(45(40)52)46(53)54-10/h12,19,21-24,28,32,42-43,47-50,52H,2,11,13-18,20H2,1,3-10H3/b25-19-,34-22?,35-21+,38-23-/t24-,28+,32+,42-,43?/m1/s1.